The number of likely N-dealkylation sites (tertiary alicyclic amines) is 4. The maximum Gasteiger partial charge on any atom is 0.414 e. The lowest BCUT2D eigenvalue weighted by Crippen LogP contribution is -2.49. The van der Waals surface area contributed by atoms with Crippen LogP contribution < -0.4 is 10.2 Å². The first-order valence-electron chi connectivity index (χ1n) is 26.8. The van der Waals surface area contributed by atoms with Crippen LogP contribution in [-0.2, 0) is 15.6 Å². The second-order valence-corrected chi connectivity index (χ2v) is 22.9. The molecule has 0 radical (unpaired) electrons. The van der Waals surface area contributed by atoms with Gasteiger partial charge in [0.1, 0.15) is 17.2 Å². The van der Waals surface area contributed by atoms with E-state index in [0.29, 0.717) is 32.7 Å². The van der Waals surface area contributed by atoms with Crippen molar-refractivity contribution in [3.05, 3.63) is 131 Å². The summed E-state index contributed by atoms with van der Waals surface area (Å²) in [7, 11) is 0. The number of ether oxygens (including phenoxy) is 1. The SMILES string of the molecule is CC(C)(C)OC(=O)N1CC2(CCN(CC(O)C3CCN(CC(=O)c4ccccc4)CC3)CC2)c2cc(F)ccc21.O=C(CN1CCC(C(O)CN2CCC3(CC2)CNc2ccc(F)cc23)CC1)c1ccccc1. The van der Waals surface area contributed by atoms with Crippen molar-refractivity contribution in [1.29, 1.82) is 0 Å². The van der Waals surface area contributed by atoms with Crippen LogP contribution in [0.3, 0.4) is 0 Å². The maximum atomic E-state index is 14.3. The highest BCUT2D eigenvalue weighted by Crippen LogP contribution is 2.48. The van der Waals surface area contributed by atoms with Gasteiger partial charge in [-0.05, 0) is 184 Å². The third-order valence-electron chi connectivity index (χ3n) is 16.9. The maximum absolute atomic E-state index is 14.3. The largest absolute Gasteiger partial charge is 0.443 e. The molecule has 0 saturated carbocycles. The van der Waals surface area contributed by atoms with E-state index in [1.54, 1.807) is 23.1 Å². The number of piperidine rings is 4. The lowest BCUT2D eigenvalue weighted by molar-refractivity contribution is 0.0211. The van der Waals surface area contributed by atoms with Crippen molar-refractivity contribution < 1.29 is 38.1 Å². The number of nitrogens with zero attached hydrogens (tertiary/aromatic N) is 5. The van der Waals surface area contributed by atoms with Gasteiger partial charge in [0.25, 0.3) is 0 Å². The van der Waals surface area contributed by atoms with Crippen LogP contribution in [0.25, 0.3) is 0 Å². The van der Waals surface area contributed by atoms with Gasteiger partial charge >= 0.3 is 6.09 Å². The Hall–Kier alpha value is -5.09. The molecular weight excluding hydrogens is 927 g/mol. The van der Waals surface area contributed by atoms with Crippen LogP contribution >= 0.6 is 0 Å². The number of rotatable bonds is 12. The minimum Gasteiger partial charge on any atom is -0.443 e. The molecule has 6 heterocycles. The van der Waals surface area contributed by atoms with Crippen molar-refractivity contribution in [2.75, 3.05) is 102 Å². The van der Waals surface area contributed by atoms with Crippen molar-refractivity contribution in [2.24, 2.45) is 11.8 Å². The number of carbonyl (C=O) groups excluding carboxylic acids is 3. The van der Waals surface area contributed by atoms with Crippen molar-refractivity contribution in [2.45, 2.75) is 101 Å². The molecule has 14 heteroatoms. The number of benzene rings is 4. The Morgan fingerprint density at radius 3 is 1.55 bits per heavy atom. The molecule has 392 valence electrons. The van der Waals surface area contributed by atoms with Crippen LogP contribution in [0.5, 0.6) is 0 Å². The van der Waals surface area contributed by atoms with E-state index in [1.165, 1.54) is 12.1 Å². The molecule has 4 saturated heterocycles. The third kappa shape index (κ3) is 12.7. The Kier molecular flexibility index (Phi) is 16.5. The van der Waals surface area contributed by atoms with Crippen LogP contribution in [0.2, 0.25) is 0 Å². The molecule has 4 aromatic carbocycles. The van der Waals surface area contributed by atoms with E-state index >= 15 is 0 Å². The van der Waals surface area contributed by atoms with Gasteiger partial charge in [-0.3, -0.25) is 24.3 Å². The third-order valence-corrected chi connectivity index (χ3v) is 16.9. The number of hydrogen-bond acceptors (Lipinski definition) is 11. The first-order chi connectivity index (χ1) is 35.0. The van der Waals surface area contributed by atoms with Crippen molar-refractivity contribution in [3.63, 3.8) is 0 Å². The zero-order valence-corrected chi connectivity index (χ0v) is 43.1. The predicted octanol–water partition coefficient (Wildman–Crippen LogP) is 8.41. The fraction of sp³-hybridized carbons (Fsp3) is 0.542. The Labute approximate surface area is 430 Å². The molecule has 4 fully saturated rings. The van der Waals surface area contributed by atoms with Gasteiger partial charge in [0.2, 0.25) is 0 Å². The molecule has 0 aliphatic carbocycles. The summed E-state index contributed by atoms with van der Waals surface area (Å²) >= 11 is 0. The van der Waals surface area contributed by atoms with Crippen LogP contribution in [0.4, 0.5) is 25.0 Å². The van der Waals surface area contributed by atoms with Gasteiger partial charge in [-0.15, -0.1) is 0 Å². The number of β-amino-alcohol motifs (C(OH)–C–C–N with tert-alkyl or cyclic N) is 2. The summed E-state index contributed by atoms with van der Waals surface area (Å²) in [6, 6.07) is 28.7. The summed E-state index contributed by atoms with van der Waals surface area (Å²) in [5, 5.41) is 25.5. The predicted molar refractivity (Wildman–Crippen MR) is 281 cm³/mol. The first kappa shape index (κ1) is 52.8. The Morgan fingerprint density at radius 2 is 1.07 bits per heavy atom. The average Bonchev–Trinajstić information content (AvgIpc) is 3.89. The summed E-state index contributed by atoms with van der Waals surface area (Å²) in [6.45, 7) is 15.8. The highest BCUT2D eigenvalue weighted by molar-refractivity contribution is 5.98. The average molecular weight is 1000 g/mol. The normalized spacial score (nSPS) is 21.4. The zero-order valence-electron chi connectivity index (χ0n) is 43.1. The Balaban J connectivity index is 0.000000183. The van der Waals surface area contributed by atoms with Gasteiger partial charge in [0.15, 0.2) is 11.6 Å². The van der Waals surface area contributed by atoms with Crippen LogP contribution in [0, 0.1) is 23.5 Å². The number of amides is 1. The van der Waals surface area contributed by atoms with Gasteiger partial charge in [-0.2, -0.15) is 0 Å². The summed E-state index contributed by atoms with van der Waals surface area (Å²) in [6.07, 6.45) is 6.00. The van der Waals surface area contributed by atoms with Crippen LogP contribution in [0.15, 0.2) is 97.1 Å². The van der Waals surface area contributed by atoms with E-state index in [-0.39, 0.29) is 52.0 Å². The summed E-state index contributed by atoms with van der Waals surface area (Å²) in [5.74, 6) is 0.348. The molecule has 4 aromatic rings. The van der Waals surface area contributed by atoms with Gasteiger partial charge < -0.3 is 30.1 Å². The molecule has 73 heavy (non-hydrogen) atoms. The molecule has 3 N–H and O–H groups in total. The van der Waals surface area contributed by atoms with Crippen molar-refractivity contribution in [3.8, 4) is 0 Å². The molecule has 6 aliphatic heterocycles. The van der Waals surface area contributed by atoms with Gasteiger partial charge in [-0.1, -0.05) is 60.7 Å². The van der Waals surface area contributed by atoms with E-state index < -0.39 is 17.8 Å². The van der Waals surface area contributed by atoms with E-state index in [4.69, 9.17) is 4.74 Å². The molecule has 10 rings (SSSR count). The van der Waals surface area contributed by atoms with Crippen molar-refractivity contribution in [1.82, 2.24) is 19.6 Å². The minimum absolute atomic E-state index is 0.0233. The first-order valence-corrected chi connectivity index (χ1v) is 26.8. The molecule has 6 aliphatic rings. The van der Waals surface area contributed by atoms with E-state index in [2.05, 4.69) is 24.9 Å². The second kappa shape index (κ2) is 22.8. The van der Waals surface area contributed by atoms with E-state index in [0.717, 1.165) is 144 Å². The quantitative estimate of drug-likeness (QED) is 0.118. The van der Waals surface area contributed by atoms with Crippen LogP contribution in [-0.4, -0.2) is 157 Å². The molecule has 0 bridgehead atoms. The van der Waals surface area contributed by atoms with E-state index in [9.17, 15) is 33.4 Å². The fourth-order valence-corrected chi connectivity index (χ4v) is 12.4. The zero-order chi connectivity index (χ0) is 51.3. The number of fused-ring (bicyclic) bond motifs is 4. The standard InChI is InChI=1S/C32H42FN3O4.C27H34FN3O2/c1-31(2,3)40-30(39)36-22-32(26-19-25(33)9-10-27(26)36)13-17-35(18-14-32)21-29(38)24-11-15-34(16-12-24)20-28(37)23-7-5-4-6-8-23;28-22-6-7-24-23(16-22)27(19-29-24)10-14-31(15-11-27)18-26(33)21-8-12-30(13-9-21)17-25(32)20-4-2-1-3-5-20/h4-10,19,24,29,38H,11-18,20-22H2,1-3H3;1-7,16,21,26,29,33H,8-15,17-19H2. The van der Waals surface area contributed by atoms with Gasteiger partial charge in [-0.25, -0.2) is 13.6 Å². The number of carbonyl (C=O) groups is 3. The molecule has 2 atom stereocenters. The Bertz CT molecular complexity index is 2510. The number of hydrogen-bond donors (Lipinski definition) is 3. The van der Waals surface area contributed by atoms with E-state index in [1.807, 2.05) is 87.5 Å². The van der Waals surface area contributed by atoms with Gasteiger partial charge in [0, 0.05) is 53.8 Å². The molecule has 1 amide bonds. The molecule has 0 aromatic heterocycles. The highest BCUT2D eigenvalue weighted by atomic mass is 19.1. The lowest BCUT2D eigenvalue weighted by atomic mass is 9.74. The minimum atomic E-state index is -0.611. The number of Topliss-reactive ketones (excluding diaryl/α,β-unsaturated/α-hetero) is 2. The van der Waals surface area contributed by atoms with Crippen LogP contribution in [0.1, 0.15) is 104 Å². The summed E-state index contributed by atoms with van der Waals surface area (Å²) < 4.78 is 33.8. The van der Waals surface area contributed by atoms with Gasteiger partial charge in [0.05, 0.1) is 31.0 Å². The monoisotopic (exact) mass is 1000 g/mol. The molecule has 12 nitrogen and oxygen atoms in total. The number of aliphatic hydroxyl groups is 2. The molecule has 2 unspecified atom stereocenters. The smallest absolute Gasteiger partial charge is 0.414 e. The number of nitrogens with one attached hydrogen (secondary N) is 1. The number of aliphatic hydroxyl groups excluding tert-OH is 2. The number of halogens is 2. The summed E-state index contributed by atoms with van der Waals surface area (Å²) in [5.41, 5.74) is 4.43. The van der Waals surface area contributed by atoms with Crippen molar-refractivity contribution >= 4 is 29.0 Å². The Morgan fingerprint density at radius 1 is 0.616 bits per heavy atom. The summed E-state index contributed by atoms with van der Waals surface area (Å²) in [4.78, 5) is 48.8. The number of anilines is 2. The fourth-order valence-electron chi connectivity index (χ4n) is 12.4. The topological polar surface area (TPSA) is 129 Å². The highest BCUT2D eigenvalue weighted by Gasteiger charge is 2.48. The lowest BCUT2D eigenvalue weighted by Gasteiger charge is -2.42. The number of ketones is 2. The molecule has 2 spiro atoms. The second-order valence-electron chi connectivity index (χ2n) is 22.9. The molecular formula is C59H76F2N6O6.